The van der Waals surface area contributed by atoms with Gasteiger partial charge in [0.05, 0.1) is 0 Å². The van der Waals surface area contributed by atoms with Crippen LogP contribution in [0, 0.1) is 17.0 Å². The molecule has 172 valence electrons. The number of halogens is 1. The number of amides is 3. The number of likely N-dealkylation sites (N-methyl/N-ethyl adjacent to an activating group) is 2. The molecule has 0 N–H and O–H groups in total. The van der Waals surface area contributed by atoms with Crippen molar-refractivity contribution >= 4 is 52.1 Å². The molecular formula is C20H21ClN7O4S+. The van der Waals surface area contributed by atoms with E-state index in [-0.39, 0.29) is 11.7 Å². The molecule has 1 atom stereocenters. The number of hydrogen-bond acceptors (Lipinski definition) is 7. The van der Waals surface area contributed by atoms with Crippen LogP contribution in [0.4, 0.5) is 10.6 Å². The highest BCUT2D eigenvalue weighted by molar-refractivity contribution is 8.13. The molecule has 0 bridgehead atoms. The van der Waals surface area contributed by atoms with Crippen LogP contribution in [0.2, 0.25) is 5.02 Å². The molecule has 33 heavy (non-hydrogen) atoms. The van der Waals surface area contributed by atoms with Gasteiger partial charge in [0.15, 0.2) is 5.82 Å². The highest BCUT2D eigenvalue weighted by atomic mass is 35.5. The lowest BCUT2D eigenvalue weighted by Gasteiger charge is -2.30. The topological polar surface area (TPSA) is 117 Å². The van der Waals surface area contributed by atoms with Crippen LogP contribution in [0.3, 0.4) is 0 Å². The average molecular weight is 491 g/mol. The van der Waals surface area contributed by atoms with Crippen LogP contribution >= 0.6 is 23.4 Å². The first-order chi connectivity index (χ1) is 15.7. The van der Waals surface area contributed by atoms with Gasteiger partial charge in [-0.05, 0) is 27.7 Å². The van der Waals surface area contributed by atoms with Gasteiger partial charge in [0.2, 0.25) is 0 Å². The normalized spacial score (nSPS) is 18.2. The maximum absolute atomic E-state index is 13.0. The summed E-state index contributed by atoms with van der Waals surface area (Å²) in [5, 5.41) is 12.4. The number of aliphatic imine (C=N–C) groups is 1. The van der Waals surface area contributed by atoms with E-state index in [2.05, 4.69) is 9.98 Å². The first-order valence-corrected chi connectivity index (χ1v) is 11.4. The number of hydrogen-bond donors (Lipinski definition) is 0. The van der Waals surface area contributed by atoms with Gasteiger partial charge in [0, 0.05) is 37.4 Å². The summed E-state index contributed by atoms with van der Waals surface area (Å²) in [7, 11) is 3.02. The Balaban J connectivity index is 1.65. The maximum atomic E-state index is 13.0. The smallest absolute Gasteiger partial charge is 0.358 e. The van der Waals surface area contributed by atoms with Crippen molar-refractivity contribution in [3.63, 3.8) is 0 Å². The number of carbonyl (C=O) groups is 2. The van der Waals surface area contributed by atoms with Gasteiger partial charge in [-0.25, -0.2) is 18.9 Å². The number of benzene rings is 1. The van der Waals surface area contributed by atoms with Crippen molar-refractivity contribution in [3.8, 4) is 0 Å². The summed E-state index contributed by atoms with van der Waals surface area (Å²) in [5.74, 6) is 0.869. The molecule has 2 aliphatic rings. The molecule has 11 nitrogen and oxygen atoms in total. The summed E-state index contributed by atoms with van der Waals surface area (Å²) < 4.78 is 3.34. The lowest BCUT2D eigenvalue weighted by Crippen LogP contribution is -2.61. The molecule has 1 saturated heterocycles. The zero-order valence-electron chi connectivity index (χ0n) is 18.1. The number of aryl methyl sites for hydroxylation is 1. The van der Waals surface area contributed by atoms with Crippen LogP contribution in [-0.4, -0.2) is 77.7 Å². The number of rotatable bonds is 6. The summed E-state index contributed by atoms with van der Waals surface area (Å²) in [4.78, 5) is 47.3. The van der Waals surface area contributed by atoms with Crippen molar-refractivity contribution in [1.82, 2.24) is 19.4 Å². The minimum Gasteiger partial charge on any atom is -0.358 e. The average Bonchev–Trinajstić information content (AvgIpc) is 3.33. The Morgan fingerprint density at radius 1 is 1.24 bits per heavy atom. The second kappa shape index (κ2) is 8.94. The number of imide groups is 1. The van der Waals surface area contributed by atoms with Gasteiger partial charge in [-0.2, -0.15) is 0 Å². The summed E-state index contributed by atoms with van der Waals surface area (Å²) in [5.41, 5.74) is 0.810. The number of amidine groups is 2. The monoisotopic (exact) mass is 490 g/mol. The van der Waals surface area contributed by atoms with E-state index in [4.69, 9.17) is 11.6 Å². The van der Waals surface area contributed by atoms with E-state index in [1.165, 1.54) is 34.5 Å². The Labute approximate surface area is 198 Å². The Morgan fingerprint density at radius 2 is 1.97 bits per heavy atom. The minimum absolute atomic E-state index is 0.0837. The van der Waals surface area contributed by atoms with Crippen molar-refractivity contribution in [2.24, 2.45) is 4.99 Å². The third-order valence-electron chi connectivity index (χ3n) is 5.56. The molecule has 0 spiro atoms. The molecule has 1 fully saturated rings. The van der Waals surface area contributed by atoms with Crippen molar-refractivity contribution in [1.29, 1.82) is 0 Å². The number of nitro groups is 1. The van der Waals surface area contributed by atoms with Gasteiger partial charge in [0.25, 0.3) is 17.8 Å². The fourth-order valence-corrected chi connectivity index (χ4v) is 4.91. The van der Waals surface area contributed by atoms with E-state index in [1.54, 1.807) is 20.0 Å². The lowest BCUT2D eigenvalue weighted by molar-refractivity contribution is -0.548. The molecule has 0 radical (unpaired) electrons. The summed E-state index contributed by atoms with van der Waals surface area (Å²) in [6.45, 7) is 2.34. The third kappa shape index (κ3) is 4.11. The van der Waals surface area contributed by atoms with Gasteiger partial charge >= 0.3 is 17.0 Å². The van der Waals surface area contributed by atoms with Gasteiger partial charge in [-0.15, -0.1) is 0 Å². The third-order valence-corrected chi connectivity index (χ3v) is 6.90. The Hall–Kier alpha value is -3.25. The van der Waals surface area contributed by atoms with Crippen LogP contribution in [-0.2, 0) is 17.9 Å². The second-order valence-corrected chi connectivity index (χ2v) is 9.00. The molecular weight excluding hydrogens is 470 g/mol. The van der Waals surface area contributed by atoms with Crippen LogP contribution in [0.5, 0.6) is 0 Å². The van der Waals surface area contributed by atoms with Gasteiger partial charge in [-0.1, -0.05) is 29.8 Å². The van der Waals surface area contributed by atoms with E-state index in [0.717, 1.165) is 10.5 Å². The largest absolute Gasteiger partial charge is 0.358 e. The number of imidazole rings is 1. The van der Waals surface area contributed by atoms with Crippen molar-refractivity contribution in [3.05, 3.63) is 57.0 Å². The van der Waals surface area contributed by atoms with E-state index in [1.807, 2.05) is 22.8 Å². The number of aromatic nitrogens is 2. The van der Waals surface area contributed by atoms with Gasteiger partial charge < -0.3 is 10.1 Å². The molecule has 13 heteroatoms. The molecule has 1 aromatic heterocycles. The van der Waals surface area contributed by atoms with Gasteiger partial charge in [-0.3, -0.25) is 14.6 Å². The predicted molar refractivity (Wildman–Crippen MR) is 124 cm³/mol. The quantitative estimate of drug-likeness (QED) is 0.348. The molecule has 4 rings (SSSR count). The first kappa shape index (κ1) is 22.9. The van der Waals surface area contributed by atoms with Gasteiger partial charge in [0.1, 0.15) is 19.3 Å². The summed E-state index contributed by atoms with van der Waals surface area (Å²) >= 11 is 7.71. The van der Waals surface area contributed by atoms with Crippen molar-refractivity contribution in [2.45, 2.75) is 26.1 Å². The van der Waals surface area contributed by atoms with E-state index in [9.17, 15) is 19.7 Å². The van der Waals surface area contributed by atoms with E-state index >= 15 is 0 Å². The molecule has 0 saturated carbocycles. The zero-order valence-corrected chi connectivity index (χ0v) is 19.7. The Morgan fingerprint density at radius 3 is 2.67 bits per heavy atom. The highest BCUT2D eigenvalue weighted by Crippen LogP contribution is 2.26. The van der Waals surface area contributed by atoms with Crippen molar-refractivity contribution < 1.29 is 19.1 Å². The summed E-state index contributed by atoms with van der Waals surface area (Å²) in [6.07, 6.45) is 1.23. The number of thioether (sulfide) groups is 1. The highest BCUT2D eigenvalue weighted by Gasteiger charge is 2.53. The molecule has 0 aliphatic carbocycles. The second-order valence-electron chi connectivity index (χ2n) is 7.53. The Kier molecular flexibility index (Phi) is 6.21. The maximum Gasteiger partial charge on any atom is 0.358 e. The molecule has 3 amide bonds. The van der Waals surface area contributed by atoms with Crippen LogP contribution < -0.4 is 0 Å². The predicted octanol–water partition coefficient (Wildman–Crippen LogP) is 2.36. The van der Waals surface area contributed by atoms with Crippen LogP contribution in [0.1, 0.15) is 11.4 Å². The van der Waals surface area contributed by atoms with E-state index in [0.29, 0.717) is 40.7 Å². The Bertz CT molecular complexity index is 1220. The zero-order chi connectivity index (χ0) is 23.9. The number of carbonyl (C=O) groups excluding carboxylic acids is 2. The number of urea groups is 1. The summed E-state index contributed by atoms with van der Waals surface area (Å²) in [6, 6.07) is 6.10. The molecule has 1 aromatic carbocycles. The molecule has 2 aromatic rings. The lowest BCUT2D eigenvalue weighted by atomic mass is 10.1. The minimum atomic E-state index is -0.763. The van der Waals surface area contributed by atoms with Crippen LogP contribution in [0.15, 0.2) is 35.5 Å². The van der Waals surface area contributed by atoms with Crippen molar-refractivity contribution in [2.75, 3.05) is 19.8 Å². The SMILES string of the molecule is Cc1ncc([N+](=O)[O-])n1CCSC1=[N+](Cc2ccccc2Cl)C2C(=O)N(C)C(=O)N(C)C2=N1. The first-order valence-electron chi connectivity index (χ1n) is 10.0. The standard InChI is InChI=1S/C20H21ClN7O4S/c1-12-22-10-15(28(31)32)26(12)8-9-33-19-23-17-16(18(29)25(3)20(30)24(17)2)27(19)11-13-6-4-5-7-14(13)21/h4-7,10,16H,8-9,11H2,1-3H3/q+1. The fourth-order valence-electron chi connectivity index (χ4n) is 3.77. The van der Waals surface area contributed by atoms with Crippen LogP contribution in [0.25, 0.3) is 0 Å². The molecule has 3 heterocycles. The van der Waals surface area contributed by atoms with E-state index < -0.39 is 17.0 Å². The fraction of sp³-hybridized carbons (Fsp3) is 0.350. The molecule has 2 aliphatic heterocycles. The number of nitrogens with zero attached hydrogens (tertiary/aromatic N) is 7. The molecule has 1 unspecified atom stereocenters. The number of fused-ring (bicyclic) bond motifs is 1.